The summed E-state index contributed by atoms with van der Waals surface area (Å²) < 4.78 is 17.0. The van der Waals surface area contributed by atoms with Gasteiger partial charge in [-0.3, -0.25) is 9.36 Å². The maximum absolute atomic E-state index is 12.7. The number of hydrogen-bond acceptors (Lipinski definition) is 5. The van der Waals surface area contributed by atoms with Crippen LogP contribution in [0.15, 0.2) is 48.7 Å². The zero-order chi connectivity index (χ0) is 18.1. The second-order valence-electron chi connectivity index (χ2n) is 6.00. The summed E-state index contributed by atoms with van der Waals surface area (Å²) in [7, 11) is 1.33. The first-order chi connectivity index (χ1) is 12.7. The Morgan fingerprint density at radius 3 is 2.77 bits per heavy atom. The molecule has 0 amide bonds. The summed E-state index contributed by atoms with van der Waals surface area (Å²) in [6, 6.07) is 13.0. The number of aryl methyl sites for hydroxylation is 1. The first-order valence-electron chi connectivity index (χ1n) is 8.27. The minimum Gasteiger partial charge on any atom is -0.465 e. The van der Waals surface area contributed by atoms with Crippen LogP contribution in [0.1, 0.15) is 27.1 Å². The molecule has 6 heteroatoms. The third kappa shape index (κ3) is 2.79. The summed E-state index contributed by atoms with van der Waals surface area (Å²) in [5.74, 6) is 0.881. The fourth-order valence-electron chi connectivity index (χ4n) is 3.13. The van der Waals surface area contributed by atoms with Crippen LogP contribution in [0.4, 0.5) is 0 Å². The number of esters is 1. The molecule has 6 nitrogen and oxygen atoms in total. The van der Waals surface area contributed by atoms with Crippen LogP contribution in [0.5, 0.6) is 11.5 Å². The van der Waals surface area contributed by atoms with Crippen LogP contribution in [-0.2, 0) is 11.2 Å². The molecule has 0 unspecified atom stereocenters. The lowest BCUT2D eigenvalue weighted by Gasteiger charge is -2.05. The van der Waals surface area contributed by atoms with Crippen LogP contribution in [0.25, 0.3) is 10.9 Å². The highest BCUT2D eigenvalue weighted by Crippen LogP contribution is 2.33. The number of ether oxygens (including phenoxy) is 3. The van der Waals surface area contributed by atoms with Gasteiger partial charge in [0, 0.05) is 18.0 Å². The lowest BCUT2D eigenvalue weighted by atomic mass is 10.1. The highest BCUT2D eigenvalue weighted by Gasteiger charge is 2.19. The van der Waals surface area contributed by atoms with E-state index in [1.807, 2.05) is 42.5 Å². The number of fused-ring (bicyclic) bond motifs is 2. The molecule has 3 aromatic rings. The minimum absolute atomic E-state index is 0.0889. The molecule has 2 heterocycles. The molecule has 0 saturated heterocycles. The van der Waals surface area contributed by atoms with Crippen molar-refractivity contribution in [3.8, 4) is 11.5 Å². The zero-order valence-corrected chi connectivity index (χ0v) is 14.2. The molecule has 0 fully saturated rings. The maximum atomic E-state index is 12.7. The number of carbonyl (C=O) groups excluding carboxylic acids is 2. The first-order valence-corrected chi connectivity index (χ1v) is 8.27. The lowest BCUT2D eigenvalue weighted by Crippen LogP contribution is -2.10. The van der Waals surface area contributed by atoms with Crippen molar-refractivity contribution in [2.45, 2.75) is 12.8 Å². The van der Waals surface area contributed by atoms with Gasteiger partial charge in [-0.05, 0) is 30.2 Å². The molecule has 2 aromatic carbocycles. The normalized spacial score (nSPS) is 12.3. The van der Waals surface area contributed by atoms with Gasteiger partial charge in [0.15, 0.2) is 11.5 Å². The third-order valence-electron chi connectivity index (χ3n) is 4.45. The van der Waals surface area contributed by atoms with E-state index in [1.165, 1.54) is 11.7 Å². The molecule has 1 aliphatic heterocycles. The van der Waals surface area contributed by atoms with Crippen molar-refractivity contribution in [3.63, 3.8) is 0 Å². The van der Waals surface area contributed by atoms with E-state index in [2.05, 4.69) is 0 Å². The molecular weight excluding hydrogens is 334 g/mol. The number of carbonyl (C=O) groups is 2. The molecule has 1 aliphatic rings. The molecule has 0 N–H and O–H groups in total. The summed E-state index contributed by atoms with van der Waals surface area (Å²) in [6.07, 6.45) is 2.42. The Balaban J connectivity index is 1.57. The Kier molecular flexibility index (Phi) is 4.08. The van der Waals surface area contributed by atoms with Crippen LogP contribution in [0, 0.1) is 0 Å². The lowest BCUT2D eigenvalue weighted by molar-refractivity contribution is 0.0603. The van der Waals surface area contributed by atoms with Gasteiger partial charge in [-0.1, -0.05) is 24.3 Å². The number of aromatic nitrogens is 1. The van der Waals surface area contributed by atoms with E-state index in [0.29, 0.717) is 35.1 Å². The number of benzene rings is 2. The van der Waals surface area contributed by atoms with E-state index < -0.39 is 5.97 Å². The molecule has 1 aromatic heterocycles. The van der Waals surface area contributed by atoms with Crippen LogP contribution < -0.4 is 9.47 Å². The Morgan fingerprint density at radius 1 is 1.12 bits per heavy atom. The highest BCUT2D eigenvalue weighted by atomic mass is 16.7. The zero-order valence-electron chi connectivity index (χ0n) is 14.2. The van der Waals surface area contributed by atoms with Crippen molar-refractivity contribution in [2.24, 2.45) is 0 Å². The molecule has 0 atom stereocenters. The van der Waals surface area contributed by atoms with Crippen molar-refractivity contribution in [1.29, 1.82) is 0 Å². The van der Waals surface area contributed by atoms with Gasteiger partial charge >= 0.3 is 5.97 Å². The average Bonchev–Trinajstić information content (AvgIpc) is 3.29. The molecule has 0 aliphatic carbocycles. The SMILES string of the molecule is COC(=O)c1cn(C(=O)CCc2ccc3c(c2)OCO3)c2ccccc12. The van der Waals surface area contributed by atoms with E-state index in [4.69, 9.17) is 14.2 Å². The van der Waals surface area contributed by atoms with Gasteiger partial charge in [0.05, 0.1) is 18.2 Å². The summed E-state index contributed by atoms with van der Waals surface area (Å²) in [5, 5.41) is 0.704. The molecular formula is C20H17NO5. The Labute approximate surface area is 149 Å². The van der Waals surface area contributed by atoms with Crippen LogP contribution >= 0.6 is 0 Å². The second kappa shape index (κ2) is 6.55. The molecule has 0 radical (unpaired) electrons. The Hall–Kier alpha value is -3.28. The molecule has 0 spiro atoms. The topological polar surface area (TPSA) is 66.8 Å². The smallest absolute Gasteiger partial charge is 0.340 e. The fourth-order valence-corrected chi connectivity index (χ4v) is 3.13. The predicted octanol–water partition coefficient (Wildman–Crippen LogP) is 3.43. The molecule has 4 rings (SSSR count). The first kappa shape index (κ1) is 16.2. The Morgan fingerprint density at radius 2 is 1.92 bits per heavy atom. The minimum atomic E-state index is -0.455. The second-order valence-corrected chi connectivity index (χ2v) is 6.00. The van der Waals surface area contributed by atoms with Crippen molar-refractivity contribution in [1.82, 2.24) is 4.57 Å². The number of nitrogens with zero attached hydrogens (tertiary/aromatic N) is 1. The summed E-state index contributed by atoms with van der Waals surface area (Å²) in [6.45, 7) is 0.226. The quantitative estimate of drug-likeness (QED) is 0.674. The molecule has 26 heavy (non-hydrogen) atoms. The van der Waals surface area contributed by atoms with Gasteiger partial charge in [0.2, 0.25) is 12.7 Å². The molecule has 0 saturated carbocycles. The van der Waals surface area contributed by atoms with Gasteiger partial charge in [-0.25, -0.2) is 4.79 Å². The Bertz CT molecular complexity index is 1000. The molecule has 0 bridgehead atoms. The van der Waals surface area contributed by atoms with Gasteiger partial charge < -0.3 is 14.2 Å². The van der Waals surface area contributed by atoms with Gasteiger partial charge in [-0.2, -0.15) is 0 Å². The van der Waals surface area contributed by atoms with Crippen molar-refractivity contribution in [3.05, 3.63) is 59.8 Å². The van der Waals surface area contributed by atoms with Crippen molar-refractivity contribution < 1.29 is 23.8 Å². The van der Waals surface area contributed by atoms with Crippen LogP contribution in [0.3, 0.4) is 0 Å². The van der Waals surface area contributed by atoms with E-state index in [-0.39, 0.29) is 12.7 Å². The van der Waals surface area contributed by atoms with Crippen molar-refractivity contribution in [2.75, 3.05) is 13.9 Å². The maximum Gasteiger partial charge on any atom is 0.340 e. The third-order valence-corrected chi connectivity index (χ3v) is 4.45. The average molecular weight is 351 g/mol. The van der Waals surface area contributed by atoms with E-state index in [1.54, 1.807) is 6.20 Å². The van der Waals surface area contributed by atoms with Crippen molar-refractivity contribution >= 4 is 22.8 Å². The number of methoxy groups -OCH3 is 1. The summed E-state index contributed by atoms with van der Waals surface area (Å²) in [4.78, 5) is 24.7. The van der Waals surface area contributed by atoms with Gasteiger partial charge in [0.1, 0.15) is 0 Å². The van der Waals surface area contributed by atoms with Gasteiger partial charge in [0.25, 0.3) is 0 Å². The molecule has 132 valence electrons. The number of rotatable bonds is 4. The summed E-state index contributed by atoms with van der Waals surface area (Å²) in [5.41, 5.74) is 2.08. The standard InChI is InChI=1S/C20H17NO5/c1-24-20(23)15-11-21(16-5-3-2-4-14(15)16)19(22)9-7-13-6-8-17-18(10-13)26-12-25-17/h2-6,8,10-11H,7,9,12H2,1H3. The van der Waals surface area contributed by atoms with E-state index in [0.717, 1.165) is 11.3 Å². The van der Waals surface area contributed by atoms with E-state index >= 15 is 0 Å². The van der Waals surface area contributed by atoms with E-state index in [9.17, 15) is 9.59 Å². The number of para-hydroxylation sites is 1. The van der Waals surface area contributed by atoms with Crippen LogP contribution in [0.2, 0.25) is 0 Å². The fraction of sp³-hybridized carbons (Fsp3) is 0.200. The van der Waals surface area contributed by atoms with Crippen LogP contribution in [-0.4, -0.2) is 30.3 Å². The van der Waals surface area contributed by atoms with Gasteiger partial charge in [-0.15, -0.1) is 0 Å². The highest BCUT2D eigenvalue weighted by molar-refractivity contribution is 6.07. The number of hydrogen-bond donors (Lipinski definition) is 0. The predicted molar refractivity (Wildman–Crippen MR) is 94.8 cm³/mol. The largest absolute Gasteiger partial charge is 0.465 e. The summed E-state index contributed by atoms with van der Waals surface area (Å²) >= 11 is 0. The monoisotopic (exact) mass is 351 g/mol.